The van der Waals surface area contributed by atoms with Crippen LogP contribution in [0.1, 0.15) is 30.5 Å². The number of nitrogens with one attached hydrogen (secondary N) is 1. The zero-order valence-corrected chi connectivity index (χ0v) is 18.0. The normalized spacial score (nSPS) is 12.3. The first-order valence-corrected chi connectivity index (χ1v) is 11.1. The van der Waals surface area contributed by atoms with Crippen LogP contribution in [-0.2, 0) is 14.8 Å². The Kier molecular flexibility index (Phi) is 7.32. The van der Waals surface area contributed by atoms with Crippen molar-refractivity contribution in [2.75, 3.05) is 24.2 Å². The van der Waals surface area contributed by atoms with Gasteiger partial charge >= 0.3 is 0 Å². The number of amides is 1. The average molecular weight is 425 g/mol. The lowest BCUT2D eigenvalue weighted by molar-refractivity contribution is -0.120. The third kappa shape index (κ3) is 5.62. The van der Waals surface area contributed by atoms with Crippen molar-refractivity contribution in [2.24, 2.45) is 0 Å². The van der Waals surface area contributed by atoms with Gasteiger partial charge in [-0.3, -0.25) is 9.10 Å². The Morgan fingerprint density at radius 3 is 2.36 bits per heavy atom. The summed E-state index contributed by atoms with van der Waals surface area (Å²) < 4.78 is 30.7. The van der Waals surface area contributed by atoms with E-state index in [-0.39, 0.29) is 12.6 Å². The molecule has 0 unspecified atom stereocenters. The van der Waals surface area contributed by atoms with Gasteiger partial charge in [0.05, 0.1) is 25.1 Å². The molecule has 1 atom stereocenters. The molecule has 0 fully saturated rings. The zero-order chi connectivity index (χ0) is 20.9. The molecule has 0 saturated carbocycles. The Bertz CT molecular complexity index is 930. The molecule has 2 rings (SSSR count). The van der Waals surface area contributed by atoms with Gasteiger partial charge in [-0.05, 0) is 48.7 Å². The van der Waals surface area contributed by atoms with Crippen molar-refractivity contribution in [2.45, 2.75) is 26.3 Å². The summed E-state index contributed by atoms with van der Waals surface area (Å²) in [4.78, 5) is 12.6. The Morgan fingerprint density at radius 1 is 1.21 bits per heavy atom. The van der Waals surface area contributed by atoms with Crippen LogP contribution in [0.4, 0.5) is 5.69 Å². The molecular weight excluding hydrogens is 400 g/mol. The summed E-state index contributed by atoms with van der Waals surface area (Å²) in [6.45, 7) is 3.44. The first kappa shape index (κ1) is 22.0. The number of sulfonamides is 1. The van der Waals surface area contributed by atoms with E-state index in [1.165, 1.54) is 0 Å². The minimum Gasteiger partial charge on any atom is -0.497 e. The van der Waals surface area contributed by atoms with E-state index in [0.717, 1.165) is 27.4 Å². The standard InChI is InChI=1S/C20H25ClN2O4S/c1-5-19(15-7-10-17(27-3)11-8-15)22-20(24)13-23(28(4,25)26)16-9-6-14(2)18(21)12-16/h6-12,19H,5,13H2,1-4H3,(H,22,24)/t19-/m1/s1. The third-order valence-electron chi connectivity index (χ3n) is 4.39. The number of nitrogens with zero attached hydrogens (tertiary/aromatic N) is 1. The van der Waals surface area contributed by atoms with E-state index >= 15 is 0 Å². The molecule has 1 amide bonds. The van der Waals surface area contributed by atoms with Crippen molar-refractivity contribution in [1.82, 2.24) is 5.32 Å². The van der Waals surface area contributed by atoms with Gasteiger partial charge in [0.25, 0.3) is 0 Å². The van der Waals surface area contributed by atoms with Gasteiger partial charge in [-0.15, -0.1) is 0 Å². The highest BCUT2D eigenvalue weighted by Gasteiger charge is 2.23. The molecule has 152 valence electrons. The zero-order valence-electron chi connectivity index (χ0n) is 16.4. The smallest absolute Gasteiger partial charge is 0.241 e. The number of ether oxygens (including phenoxy) is 1. The van der Waals surface area contributed by atoms with E-state index < -0.39 is 15.9 Å². The van der Waals surface area contributed by atoms with Crippen LogP contribution in [-0.4, -0.2) is 34.2 Å². The molecule has 8 heteroatoms. The summed E-state index contributed by atoms with van der Waals surface area (Å²) in [5.74, 6) is 0.328. The number of aryl methyl sites for hydroxylation is 1. The van der Waals surface area contributed by atoms with Crippen LogP contribution < -0.4 is 14.4 Å². The van der Waals surface area contributed by atoms with Crippen molar-refractivity contribution in [1.29, 1.82) is 0 Å². The lowest BCUT2D eigenvalue weighted by Gasteiger charge is -2.24. The van der Waals surface area contributed by atoms with Crippen molar-refractivity contribution >= 4 is 33.2 Å². The monoisotopic (exact) mass is 424 g/mol. The molecule has 6 nitrogen and oxygen atoms in total. The average Bonchev–Trinajstić information content (AvgIpc) is 2.65. The minimum atomic E-state index is -3.66. The van der Waals surface area contributed by atoms with Gasteiger partial charge in [-0.25, -0.2) is 8.42 Å². The maximum absolute atomic E-state index is 12.6. The molecule has 0 aromatic heterocycles. The summed E-state index contributed by atoms with van der Waals surface area (Å²) in [5.41, 5.74) is 2.10. The van der Waals surface area contributed by atoms with Crippen LogP contribution in [0.3, 0.4) is 0 Å². The predicted octanol–water partition coefficient (Wildman–Crippen LogP) is 3.69. The summed E-state index contributed by atoms with van der Waals surface area (Å²) >= 11 is 6.12. The Hall–Kier alpha value is -2.25. The number of hydrogen-bond acceptors (Lipinski definition) is 4. The predicted molar refractivity (Wildman–Crippen MR) is 113 cm³/mol. The number of anilines is 1. The lowest BCUT2D eigenvalue weighted by atomic mass is 10.0. The fourth-order valence-corrected chi connectivity index (χ4v) is 3.79. The van der Waals surface area contributed by atoms with Gasteiger partial charge < -0.3 is 10.1 Å². The molecule has 0 aliphatic rings. The number of halogens is 1. The van der Waals surface area contributed by atoms with Gasteiger partial charge in [0.2, 0.25) is 15.9 Å². The number of rotatable bonds is 8. The van der Waals surface area contributed by atoms with Crippen LogP contribution >= 0.6 is 11.6 Å². The number of benzene rings is 2. The van der Waals surface area contributed by atoms with Crippen molar-refractivity contribution in [3.05, 3.63) is 58.6 Å². The molecule has 0 aliphatic heterocycles. The van der Waals surface area contributed by atoms with E-state index in [1.54, 1.807) is 25.3 Å². The van der Waals surface area contributed by atoms with E-state index in [9.17, 15) is 13.2 Å². The Morgan fingerprint density at radius 2 is 1.86 bits per heavy atom. The molecule has 1 N–H and O–H groups in total. The summed E-state index contributed by atoms with van der Waals surface area (Å²) in [6, 6.07) is 12.1. The molecule has 0 radical (unpaired) electrons. The highest BCUT2D eigenvalue weighted by Crippen LogP contribution is 2.25. The van der Waals surface area contributed by atoms with Crippen LogP contribution in [0.2, 0.25) is 5.02 Å². The molecule has 2 aromatic carbocycles. The topological polar surface area (TPSA) is 75.7 Å². The van der Waals surface area contributed by atoms with Gasteiger partial charge in [0, 0.05) is 5.02 Å². The van der Waals surface area contributed by atoms with Gasteiger partial charge in [-0.1, -0.05) is 36.7 Å². The van der Waals surface area contributed by atoms with E-state index in [1.807, 2.05) is 38.1 Å². The minimum absolute atomic E-state index is 0.235. The molecule has 2 aromatic rings. The highest BCUT2D eigenvalue weighted by atomic mass is 35.5. The van der Waals surface area contributed by atoms with E-state index in [0.29, 0.717) is 17.1 Å². The highest BCUT2D eigenvalue weighted by molar-refractivity contribution is 7.92. The largest absolute Gasteiger partial charge is 0.497 e. The SMILES string of the molecule is CC[C@@H](NC(=O)CN(c1ccc(C)c(Cl)c1)S(C)(=O)=O)c1ccc(OC)cc1. The summed E-state index contributed by atoms with van der Waals surface area (Å²) in [7, 11) is -2.07. The van der Waals surface area contributed by atoms with Crippen molar-refractivity contribution in [3.63, 3.8) is 0 Å². The van der Waals surface area contributed by atoms with Crippen LogP contribution in [0.25, 0.3) is 0 Å². The van der Waals surface area contributed by atoms with E-state index in [2.05, 4.69) is 5.32 Å². The molecule has 0 saturated heterocycles. The third-order valence-corrected chi connectivity index (χ3v) is 5.94. The van der Waals surface area contributed by atoms with Crippen molar-refractivity contribution in [3.8, 4) is 5.75 Å². The Labute approximate surface area is 171 Å². The first-order chi connectivity index (χ1) is 13.2. The second-order valence-corrected chi connectivity index (χ2v) is 8.82. The van der Waals surface area contributed by atoms with Crippen LogP contribution in [0, 0.1) is 6.92 Å². The molecule has 0 heterocycles. The van der Waals surface area contributed by atoms with Gasteiger partial charge in [0.15, 0.2) is 0 Å². The molecule has 0 aliphatic carbocycles. The van der Waals surface area contributed by atoms with Crippen molar-refractivity contribution < 1.29 is 17.9 Å². The summed E-state index contributed by atoms with van der Waals surface area (Å²) in [6.07, 6.45) is 1.72. The quantitative estimate of drug-likeness (QED) is 0.701. The second kappa shape index (κ2) is 9.30. The van der Waals surface area contributed by atoms with Gasteiger partial charge in [0.1, 0.15) is 12.3 Å². The number of carbonyl (C=O) groups is 1. The molecular formula is C20H25ClN2O4S. The molecule has 28 heavy (non-hydrogen) atoms. The van der Waals surface area contributed by atoms with Crippen LogP contribution in [0.5, 0.6) is 5.75 Å². The number of hydrogen-bond donors (Lipinski definition) is 1. The molecule has 0 spiro atoms. The second-order valence-electron chi connectivity index (χ2n) is 6.50. The van der Waals surface area contributed by atoms with Crippen LogP contribution in [0.15, 0.2) is 42.5 Å². The maximum atomic E-state index is 12.6. The van der Waals surface area contributed by atoms with E-state index in [4.69, 9.17) is 16.3 Å². The first-order valence-electron chi connectivity index (χ1n) is 8.83. The lowest BCUT2D eigenvalue weighted by Crippen LogP contribution is -2.41. The number of methoxy groups -OCH3 is 1. The Balaban J connectivity index is 2.19. The number of carbonyl (C=O) groups excluding carboxylic acids is 1. The molecule has 0 bridgehead atoms. The fraction of sp³-hybridized carbons (Fsp3) is 0.350. The summed E-state index contributed by atoms with van der Waals surface area (Å²) in [5, 5.41) is 3.34. The fourth-order valence-electron chi connectivity index (χ4n) is 2.76. The maximum Gasteiger partial charge on any atom is 0.241 e. The van der Waals surface area contributed by atoms with Gasteiger partial charge in [-0.2, -0.15) is 0 Å².